The fraction of sp³-hybridized carbons (Fsp3) is 0.467. The smallest absolute Gasteiger partial charge is 0.239 e. The van der Waals surface area contributed by atoms with Crippen molar-refractivity contribution < 1.29 is 9.59 Å². The van der Waals surface area contributed by atoms with E-state index in [9.17, 15) is 9.59 Å². The molecule has 0 aliphatic rings. The van der Waals surface area contributed by atoms with Crippen molar-refractivity contribution >= 4 is 24.2 Å². The number of carbonyl (C=O) groups excluding carboxylic acids is 2. The summed E-state index contributed by atoms with van der Waals surface area (Å²) >= 11 is 0. The Hall–Kier alpha value is -1.59. The molecule has 6 heteroatoms. The largest absolute Gasteiger partial charge is 0.355 e. The summed E-state index contributed by atoms with van der Waals surface area (Å²) in [5, 5.41) is 2.70. The van der Waals surface area contributed by atoms with E-state index in [0.717, 1.165) is 5.56 Å². The molecule has 0 aliphatic heterocycles. The van der Waals surface area contributed by atoms with Gasteiger partial charge in [0, 0.05) is 19.6 Å². The summed E-state index contributed by atoms with van der Waals surface area (Å²) in [4.78, 5) is 25.7. The van der Waals surface area contributed by atoms with Gasteiger partial charge in [0.1, 0.15) is 0 Å². The summed E-state index contributed by atoms with van der Waals surface area (Å²) in [6, 6.07) is 9.43. The molecule has 0 saturated carbocycles. The number of halogens is 1. The van der Waals surface area contributed by atoms with Crippen molar-refractivity contribution in [3.8, 4) is 0 Å². The van der Waals surface area contributed by atoms with E-state index in [1.54, 1.807) is 0 Å². The van der Waals surface area contributed by atoms with Gasteiger partial charge < -0.3 is 16.0 Å². The third-order valence-electron chi connectivity index (χ3n) is 3.14. The Morgan fingerprint density at radius 2 is 1.86 bits per heavy atom. The predicted molar refractivity (Wildman–Crippen MR) is 86.4 cm³/mol. The number of rotatable bonds is 7. The number of amides is 2. The Labute approximate surface area is 132 Å². The molecular weight excluding hydrogens is 290 g/mol. The SMILES string of the molecule is CCNC(=O)CN(CC)C(=O)C(CN)c1ccccc1.Cl. The molecular formula is C15H24ClN3O2. The molecule has 1 aromatic rings. The maximum absolute atomic E-state index is 12.5. The van der Waals surface area contributed by atoms with Crippen LogP contribution in [0.5, 0.6) is 0 Å². The molecule has 0 bridgehead atoms. The lowest BCUT2D eigenvalue weighted by molar-refractivity contribution is -0.136. The molecule has 1 unspecified atom stereocenters. The lowest BCUT2D eigenvalue weighted by atomic mass is 9.97. The Bertz CT molecular complexity index is 440. The van der Waals surface area contributed by atoms with Gasteiger partial charge in [0.2, 0.25) is 11.8 Å². The van der Waals surface area contributed by atoms with Crippen molar-refractivity contribution in [3.05, 3.63) is 35.9 Å². The van der Waals surface area contributed by atoms with E-state index in [-0.39, 0.29) is 37.3 Å². The third-order valence-corrected chi connectivity index (χ3v) is 3.14. The van der Waals surface area contributed by atoms with Crippen molar-refractivity contribution in [2.24, 2.45) is 5.73 Å². The number of likely N-dealkylation sites (N-methyl/N-ethyl adjacent to an activating group) is 2. The normalized spacial score (nSPS) is 11.2. The number of hydrogen-bond donors (Lipinski definition) is 2. The van der Waals surface area contributed by atoms with Gasteiger partial charge in [0.25, 0.3) is 0 Å². The molecule has 1 atom stereocenters. The number of nitrogens with zero attached hydrogens (tertiary/aromatic N) is 1. The second-order valence-electron chi connectivity index (χ2n) is 4.50. The summed E-state index contributed by atoms with van der Waals surface area (Å²) in [5.74, 6) is -0.649. The minimum Gasteiger partial charge on any atom is -0.355 e. The number of carbonyl (C=O) groups is 2. The van der Waals surface area contributed by atoms with Crippen molar-refractivity contribution in [3.63, 3.8) is 0 Å². The maximum Gasteiger partial charge on any atom is 0.239 e. The van der Waals surface area contributed by atoms with Crippen LogP contribution in [0.1, 0.15) is 25.3 Å². The molecule has 0 heterocycles. The van der Waals surface area contributed by atoms with Gasteiger partial charge in [0.05, 0.1) is 12.5 Å². The van der Waals surface area contributed by atoms with Crippen LogP contribution in [-0.2, 0) is 9.59 Å². The quantitative estimate of drug-likeness (QED) is 0.792. The topological polar surface area (TPSA) is 75.4 Å². The van der Waals surface area contributed by atoms with Crippen LogP contribution in [0.15, 0.2) is 30.3 Å². The zero-order valence-electron chi connectivity index (χ0n) is 12.5. The maximum atomic E-state index is 12.5. The second-order valence-corrected chi connectivity index (χ2v) is 4.50. The molecule has 0 aliphatic carbocycles. The van der Waals surface area contributed by atoms with Gasteiger partial charge in [-0.3, -0.25) is 9.59 Å². The molecule has 1 aromatic carbocycles. The average molecular weight is 314 g/mol. The summed E-state index contributed by atoms with van der Waals surface area (Å²) < 4.78 is 0. The highest BCUT2D eigenvalue weighted by Gasteiger charge is 2.24. The van der Waals surface area contributed by atoms with Crippen LogP contribution in [-0.4, -0.2) is 42.9 Å². The molecule has 0 saturated heterocycles. The van der Waals surface area contributed by atoms with E-state index in [0.29, 0.717) is 13.1 Å². The first-order valence-corrected chi connectivity index (χ1v) is 6.94. The predicted octanol–water partition coefficient (Wildman–Crippen LogP) is 1.14. The molecule has 0 radical (unpaired) electrons. The van der Waals surface area contributed by atoms with Crippen LogP contribution in [0.2, 0.25) is 0 Å². The number of nitrogens with two attached hydrogens (primary N) is 1. The van der Waals surface area contributed by atoms with Crippen molar-refractivity contribution in [1.82, 2.24) is 10.2 Å². The summed E-state index contributed by atoms with van der Waals surface area (Å²) in [6.07, 6.45) is 0. The molecule has 2 amide bonds. The fourth-order valence-electron chi connectivity index (χ4n) is 2.06. The molecule has 21 heavy (non-hydrogen) atoms. The van der Waals surface area contributed by atoms with Crippen LogP contribution in [0.4, 0.5) is 0 Å². The Morgan fingerprint density at radius 3 is 2.33 bits per heavy atom. The number of benzene rings is 1. The average Bonchev–Trinajstić information content (AvgIpc) is 2.47. The van der Waals surface area contributed by atoms with Crippen molar-refractivity contribution in [2.45, 2.75) is 19.8 Å². The first-order chi connectivity index (χ1) is 9.63. The van der Waals surface area contributed by atoms with Gasteiger partial charge in [-0.1, -0.05) is 30.3 Å². The van der Waals surface area contributed by atoms with Crippen LogP contribution in [0, 0.1) is 0 Å². The minimum absolute atomic E-state index is 0. The van der Waals surface area contributed by atoms with E-state index in [1.165, 1.54) is 4.90 Å². The van der Waals surface area contributed by atoms with Gasteiger partial charge in [-0.15, -0.1) is 12.4 Å². The molecule has 118 valence electrons. The lowest BCUT2D eigenvalue weighted by Gasteiger charge is -2.25. The molecule has 0 fully saturated rings. The van der Waals surface area contributed by atoms with Crippen LogP contribution in [0.25, 0.3) is 0 Å². The van der Waals surface area contributed by atoms with Gasteiger partial charge in [-0.05, 0) is 19.4 Å². The van der Waals surface area contributed by atoms with Gasteiger partial charge in [0.15, 0.2) is 0 Å². The first kappa shape index (κ1) is 19.4. The Morgan fingerprint density at radius 1 is 1.24 bits per heavy atom. The van der Waals surface area contributed by atoms with Crippen LogP contribution in [0.3, 0.4) is 0 Å². The fourth-order valence-corrected chi connectivity index (χ4v) is 2.06. The standard InChI is InChI=1S/C15H23N3O2.ClH/c1-3-17-14(19)11-18(4-2)15(20)13(10-16)12-8-6-5-7-9-12;/h5-9,13H,3-4,10-11,16H2,1-2H3,(H,17,19);1H. The highest BCUT2D eigenvalue weighted by molar-refractivity contribution is 5.88. The Balaban J connectivity index is 0.00000400. The summed E-state index contributed by atoms with van der Waals surface area (Å²) in [6.45, 7) is 5.06. The van der Waals surface area contributed by atoms with E-state index >= 15 is 0 Å². The Kier molecular flexibility index (Phi) is 9.41. The van der Waals surface area contributed by atoms with Gasteiger partial charge in [-0.2, -0.15) is 0 Å². The van der Waals surface area contributed by atoms with Crippen LogP contribution < -0.4 is 11.1 Å². The lowest BCUT2D eigenvalue weighted by Crippen LogP contribution is -2.43. The summed E-state index contributed by atoms with van der Waals surface area (Å²) in [7, 11) is 0. The monoisotopic (exact) mass is 313 g/mol. The van der Waals surface area contributed by atoms with E-state index in [1.807, 2.05) is 44.2 Å². The zero-order valence-corrected chi connectivity index (χ0v) is 13.4. The number of nitrogens with one attached hydrogen (secondary N) is 1. The molecule has 3 N–H and O–H groups in total. The minimum atomic E-state index is -0.398. The highest BCUT2D eigenvalue weighted by Crippen LogP contribution is 2.17. The third kappa shape index (κ3) is 5.73. The van der Waals surface area contributed by atoms with Crippen molar-refractivity contribution in [2.75, 3.05) is 26.2 Å². The molecule has 5 nitrogen and oxygen atoms in total. The van der Waals surface area contributed by atoms with E-state index < -0.39 is 5.92 Å². The highest BCUT2D eigenvalue weighted by atomic mass is 35.5. The number of hydrogen-bond acceptors (Lipinski definition) is 3. The van der Waals surface area contributed by atoms with Gasteiger partial charge in [-0.25, -0.2) is 0 Å². The van der Waals surface area contributed by atoms with Crippen molar-refractivity contribution in [1.29, 1.82) is 0 Å². The second kappa shape index (κ2) is 10.2. The van der Waals surface area contributed by atoms with E-state index in [4.69, 9.17) is 5.73 Å². The first-order valence-electron chi connectivity index (χ1n) is 6.94. The molecule has 1 rings (SSSR count). The van der Waals surface area contributed by atoms with Crippen LogP contribution >= 0.6 is 12.4 Å². The molecule has 0 aromatic heterocycles. The summed E-state index contributed by atoms with van der Waals surface area (Å²) in [5.41, 5.74) is 6.62. The molecule has 0 spiro atoms. The van der Waals surface area contributed by atoms with Gasteiger partial charge >= 0.3 is 0 Å². The zero-order chi connectivity index (χ0) is 15.0. The van der Waals surface area contributed by atoms with E-state index in [2.05, 4.69) is 5.32 Å².